The number of benzene rings is 15. The molecule has 18 rings (SSSR count). The van der Waals surface area contributed by atoms with Crippen molar-refractivity contribution >= 4 is 34.1 Å². The van der Waals surface area contributed by atoms with Crippen molar-refractivity contribution in [3.05, 3.63) is 421 Å². The molecule has 0 amide bonds. The molecule has 440 valence electrons. The highest BCUT2D eigenvalue weighted by molar-refractivity contribution is 6.05. The third-order valence-electron chi connectivity index (χ3n) is 20.2. The molecule has 2 heteroatoms. The van der Waals surface area contributed by atoms with Gasteiger partial charge in [-0.25, -0.2) is 0 Å². The second-order valence-electron chi connectivity index (χ2n) is 25.0. The van der Waals surface area contributed by atoms with E-state index in [1.54, 1.807) is 0 Å². The number of nitrogens with zero attached hydrogens (tertiary/aromatic N) is 2. The van der Waals surface area contributed by atoms with Crippen LogP contribution in [0.3, 0.4) is 0 Å². The highest BCUT2D eigenvalue weighted by Gasteiger charge is 2.53. The smallest absolute Gasteiger partial charge is 0.0726 e. The Bertz CT molecular complexity index is 5200. The fourth-order valence-corrected chi connectivity index (χ4v) is 16.2. The van der Waals surface area contributed by atoms with Gasteiger partial charge in [-0.2, -0.15) is 0 Å². The highest BCUT2D eigenvalue weighted by Crippen LogP contribution is 2.66. The predicted octanol–water partition coefficient (Wildman–Crippen LogP) is 24.0. The summed E-state index contributed by atoms with van der Waals surface area (Å²) in [7, 11) is 0. The van der Waals surface area contributed by atoms with Gasteiger partial charge in [-0.3, -0.25) is 0 Å². The molecule has 0 heterocycles. The van der Waals surface area contributed by atoms with E-state index in [-0.39, 0.29) is 0 Å². The van der Waals surface area contributed by atoms with E-state index in [2.05, 4.69) is 386 Å². The number of fused-ring (bicyclic) bond motifs is 13. The van der Waals surface area contributed by atoms with Crippen LogP contribution in [-0.4, -0.2) is 0 Å². The van der Waals surface area contributed by atoms with Crippen LogP contribution in [0.1, 0.15) is 44.5 Å². The topological polar surface area (TPSA) is 6.48 Å². The normalized spacial score (nSPS) is 14.1. The first-order valence-corrected chi connectivity index (χ1v) is 32.6. The van der Waals surface area contributed by atoms with Crippen LogP contribution in [0.2, 0.25) is 0 Å². The molecule has 0 saturated heterocycles. The van der Waals surface area contributed by atoms with Crippen molar-refractivity contribution in [2.24, 2.45) is 0 Å². The van der Waals surface area contributed by atoms with Crippen molar-refractivity contribution in [3.63, 3.8) is 0 Å². The third kappa shape index (κ3) is 8.50. The molecule has 0 saturated carbocycles. The van der Waals surface area contributed by atoms with E-state index in [4.69, 9.17) is 0 Å². The van der Waals surface area contributed by atoms with Gasteiger partial charge in [0.2, 0.25) is 0 Å². The van der Waals surface area contributed by atoms with Crippen molar-refractivity contribution < 1.29 is 0 Å². The molecule has 1 spiro atoms. The third-order valence-corrected chi connectivity index (χ3v) is 20.2. The van der Waals surface area contributed by atoms with Crippen LogP contribution < -0.4 is 9.80 Å². The van der Waals surface area contributed by atoms with E-state index in [1.807, 2.05) is 0 Å². The van der Waals surface area contributed by atoms with E-state index in [0.717, 1.165) is 39.7 Å². The average molecular weight is 1200 g/mol. The van der Waals surface area contributed by atoms with Crippen LogP contribution in [0, 0.1) is 0 Å². The Morgan fingerprint density at radius 3 is 0.915 bits per heavy atom. The van der Waals surface area contributed by atoms with Gasteiger partial charge < -0.3 is 9.80 Å². The van der Waals surface area contributed by atoms with Gasteiger partial charge in [-0.1, -0.05) is 285 Å². The molecule has 94 heavy (non-hydrogen) atoms. The monoisotopic (exact) mass is 1190 g/mol. The first-order chi connectivity index (χ1) is 46.6. The average Bonchev–Trinajstić information content (AvgIpc) is 1.50. The van der Waals surface area contributed by atoms with Crippen LogP contribution in [-0.2, 0) is 10.8 Å². The lowest BCUT2D eigenvalue weighted by Gasteiger charge is -2.34. The minimum atomic E-state index is -0.681. The van der Waals surface area contributed by atoms with Crippen molar-refractivity contribution in [1.29, 1.82) is 0 Å². The van der Waals surface area contributed by atoms with Gasteiger partial charge >= 0.3 is 0 Å². The highest BCUT2D eigenvalue weighted by atomic mass is 15.1. The zero-order valence-corrected chi connectivity index (χ0v) is 51.7. The second-order valence-corrected chi connectivity index (χ2v) is 25.0. The molecular formula is C92H62N2. The summed E-state index contributed by atoms with van der Waals surface area (Å²) in [5.74, 6) is 0. The number of anilines is 6. The molecule has 3 aliphatic rings. The molecule has 0 bridgehead atoms. The van der Waals surface area contributed by atoms with E-state index in [1.165, 1.54) is 117 Å². The Morgan fingerprint density at radius 2 is 0.468 bits per heavy atom. The van der Waals surface area contributed by atoms with Crippen LogP contribution >= 0.6 is 0 Å². The molecule has 0 aromatic heterocycles. The fraction of sp³-hybridized carbons (Fsp3) is 0.0217. The number of hydrogen-bond acceptors (Lipinski definition) is 2. The zero-order valence-electron chi connectivity index (χ0n) is 51.7. The Morgan fingerprint density at radius 1 is 0.160 bits per heavy atom. The van der Waals surface area contributed by atoms with Gasteiger partial charge in [0.05, 0.1) is 10.8 Å². The van der Waals surface area contributed by atoms with Gasteiger partial charge in [0.1, 0.15) is 0 Å². The van der Waals surface area contributed by atoms with Crippen molar-refractivity contribution in [3.8, 4) is 77.9 Å². The van der Waals surface area contributed by atoms with Gasteiger partial charge in [-0.05, 0) is 213 Å². The minimum Gasteiger partial charge on any atom is -0.311 e. The molecule has 0 fully saturated rings. The van der Waals surface area contributed by atoms with E-state index in [0.29, 0.717) is 0 Å². The van der Waals surface area contributed by atoms with Gasteiger partial charge in [0.15, 0.2) is 0 Å². The van der Waals surface area contributed by atoms with Gasteiger partial charge in [0, 0.05) is 34.1 Å². The van der Waals surface area contributed by atoms with Crippen LogP contribution in [0.4, 0.5) is 34.1 Å². The lowest BCUT2D eigenvalue weighted by Crippen LogP contribution is -2.28. The molecule has 2 nitrogen and oxygen atoms in total. The molecule has 15 aromatic rings. The Hall–Kier alpha value is -12.1. The maximum Gasteiger partial charge on any atom is 0.0726 e. The zero-order chi connectivity index (χ0) is 62.2. The quantitative estimate of drug-likeness (QED) is 0.120. The van der Waals surface area contributed by atoms with Crippen LogP contribution in [0.25, 0.3) is 77.9 Å². The summed E-state index contributed by atoms with van der Waals surface area (Å²) in [6.45, 7) is 0. The summed E-state index contributed by atoms with van der Waals surface area (Å²) in [5, 5.41) is 0. The summed E-state index contributed by atoms with van der Waals surface area (Å²) in [6.07, 6.45) is 0. The maximum atomic E-state index is 2.54. The fourth-order valence-electron chi connectivity index (χ4n) is 16.2. The number of hydrogen-bond donors (Lipinski definition) is 0. The predicted molar refractivity (Wildman–Crippen MR) is 391 cm³/mol. The van der Waals surface area contributed by atoms with Gasteiger partial charge in [0.25, 0.3) is 0 Å². The summed E-state index contributed by atoms with van der Waals surface area (Å²) in [4.78, 5) is 4.69. The molecular weight excluding hydrogens is 1130 g/mol. The van der Waals surface area contributed by atoms with Crippen molar-refractivity contribution in [2.45, 2.75) is 10.8 Å². The molecule has 0 aliphatic heterocycles. The molecule has 0 radical (unpaired) electrons. The summed E-state index contributed by atoms with van der Waals surface area (Å²) >= 11 is 0. The SMILES string of the molecule is c1ccc(-c2ccc3c(c2)-c2c(-c4ccc(N(c5ccccc5)c5ccccc5)cc4)cccc2C32c3ccc(-c4ccc5c(c4)C(c4ccccc4)(c4ccccc4)c4ccccc4-5)cc3-c3c(-c4ccc(N(c5ccccc5)c5ccccc5)cc4)cccc32)cc1. The Kier molecular flexibility index (Phi) is 13.0. The number of para-hydroxylation sites is 4. The summed E-state index contributed by atoms with van der Waals surface area (Å²) in [5.41, 5.74) is 32.7. The van der Waals surface area contributed by atoms with E-state index in [9.17, 15) is 0 Å². The Balaban J connectivity index is 0.863. The lowest BCUT2D eigenvalue weighted by atomic mass is 9.67. The first-order valence-electron chi connectivity index (χ1n) is 32.6. The first kappa shape index (κ1) is 54.8. The number of rotatable bonds is 12. The second kappa shape index (κ2) is 22.4. The minimum absolute atomic E-state index is 0.537. The largest absolute Gasteiger partial charge is 0.311 e. The summed E-state index contributed by atoms with van der Waals surface area (Å²) < 4.78 is 0. The van der Waals surface area contributed by atoms with Crippen LogP contribution in [0.15, 0.2) is 376 Å². The maximum absolute atomic E-state index is 2.54. The van der Waals surface area contributed by atoms with E-state index < -0.39 is 10.8 Å². The lowest BCUT2D eigenvalue weighted by molar-refractivity contribution is 0.769. The molecule has 1 unspecified atom stereocenters. The Labute approximate surface area is 549 Å². The van der Waals surface area contributed by atoms with Crippen molar-refractivity contribution in [2.75, 3.05) is 9.80 Å². The van der Waals surface area contributed by atoms with Crippen LogP contribution in [0.5, 0.6) is 0 Å². The molecule has 15 aromatic carbocycles. The van der Waals surface area contributed by atoms with Crippen molar-refractivity contribution in [1.82, 2.24) is 0 Å². The molecule has 0 N–H and O–H groups in total. The summed E-state index contributed by atoms with van der Waals surface area (Å²) in [6, 6.07) is 140. The van der Waals surface area contributed by atoms with Gasteiger partial charge in [-0.15, -0.1) is 0 Å². The van der Waals surface area contributed by atoms with E-state index >= 15 is 0 Å². The standard InChI is InChI=1S/C92H62N2/c1-8-26-63(27-9-1)66-51-58-84-81(60-66)89-77(64-46-53-75(54-47-64)93(71-32-14-4-15-33-71)72-34-16-5-17-35-72)41-24-44-86(89)92(84)85-59-52-67(68-50-57-80-79-40-22-23-43-83(79)91(88(80)62-68,69-28-10-2-11-29-69)70-30-12-3-13-31-70)61-82(85)90-78(42-25-45-87(90)92)65-48-55-76(56-49-65)94(73-36-18-6-19-37-73)74-38-20-7-21-39-74/h1-62H. The molecule has 1 atom stereocenters. The molecule has 3 aliphatic carbocycles.